The molecule has 0 aromatic rings. The van der Waals surface area contributed by atoms with Crippen molar-refractivity contribution in [2.24, 2.45) is 0 Å². The highest BCUT2D eigenvalue weighted by Gasteiger charge is 2.20. The molecule has 5 heteroatoms. The maximum Gasteiger partial charge on any atom is 0.283 e. The van der Waals surface area contributed by atoms with Gasteiger partial charge in [0, 0.05) is 6.42 Å². The second kappa shape index (κ2) is 9.12. The number of hydrazine groups is 1. The minimum Gasteiger partial charge on any atom is -0.269 e. The molecule has 0 spiro atoms. The summed E-state index contributed by atoms with van der Waals surface area (Å²) in [6.07, 6.45) is 6.77. The fraction of sp³-hybridized carbons (Fsp3) is 0.909. The van der Waals surface area contributed by atoms with Gasteiger partial charge in [-0.2, -0.15) is 0 Å². The van der Waals surface area contributed by atoms with Crippen LogP contribution in [-0.4, -0.2) is 22.5 Å². The molecule has 16 heavy (non-hydrogen) atoms. The van der Waals surface area contributed by atoms with E-state index in [4.69, 9.17) is 0 Å². The van der Waals surface area contributed by atoms with Crippen LogP contribution in [0.5, 0.6) is 0 Å². The van der Waals surface area contributed by atoms with Gasteiger partial charge in [0.25, 0.3) is 5.91 Å². The fourth-order valence-electron chi connectivity index (χ4n) is 1.57. The number of hydrogen-bond acceptors (Lipinski definition) is 3. The lowest BCUT2D eigenvalue weighted by Gasteiger charge is -2.09. The molecule has 0 aliphatic carbocycles. The molecule has 0 N–H and O–H groups in total. The Hall–Kier alpha value is -1.13. The van der Waals surface area contributed by atoms with Crippen LogP contribution in [0.2, 0.25) is 0 Å². The van der Waals surface area contributed by atoms with Gasteiger partial charge in [-0.25, -0.2) is 10.1 Å². The highest BCUT2D eigenvalue weighted by atomic mass is 16.7. The average Bonchev–Trinajstić information content (AvgIpc) is 2.23. The van der Waals surface area contributed by atoms with Crippen molar-refractivity contribution in [2.75, 3.05) is 6.54 Å². The van der Waals surface area contributed by atoms with Crippen molar-refractivity contribution in [2.45, 2.75) is 58.8 Å². The van der Waals surface area contributed by atoms with E-state index < -0.39 is 5.03 Å². The molecule has 0 fully saturated rings. The van der Waals surface area contributed by atoms with Crippen molar-refractivity contribution in [3.8, 4) is 0 Å². The van der Waals surface area contributed by atoms with E-state index in [0.29, 0.717) is 11.4 Å². The second-order valence-electron chi connectivity index (χ2n) is 3.87. The predicted molar refractivity (Wildman–Crippen MR) is 62.4 cm³/mol. The topological polar surface area (TPSA) is 63.5 Å². The van der Waals surface area contributed by atoms with E-state index in [1.807, 2.05) is 0 Å². The van der Waals surface area contributed by atoms with Crippen LogP contribution in [0.25, 0.3) is 0 Å². The number of amides is 1. The minimum absolute atomic E-state index is 0.141. The Morgan fingerprint density at radius 2 is 1.69 bits per heavy atom. The fourth-order valence-corrected chi connectivity index (χ4v) is 1.57. The normalized spacial score (nSPS) is 10.1. The molecule has 0 saturated heterocycles. The smallest absolute Gasteiger partial charge is 0.269 e. The largest absolute Gasteiger partial charge is 0.283 e. The third-order valence-corrected chi connectivity index (χ3v) is 2.53. The minimum atomic E-state index is -0.626. The Morgan fingerprint density at radius 1 is 1.12 bits per heavy atom. The molecule has 0 bridgehead atoms. The van der Waals surface area contributed by atoms with Gasteiger partial charge in [-0.1, -0.05) is 44.0 Å². The molecule has 0 aromatic carbocycles. The van der Waals surface area contributed by atoms with Crippen molar-refractivity contribution in [3.63, 3.8) is 0 Å². The lowest BCUT2D eigenvalue weighted by molar-refractivity contribution is -0.634. The zero-order valence-corrected chi connectivity index (χ0v) is 10.3. The van der Waals surface area contributed by atoms with E-state index >= 15 is 0 Å². The first kappa shape index (κ1) is 14.9. The van der Waals surface area contributed by atoms with Crippen LogP contribution < -0.4 is 0 Å². The summed E-state index contributed by atoms with van der Waals surface area (Å²) in [5.74, 6) is -0.372. The van der Waals surface area contributed by atoms with Crippen molar-refractivity contribution in [1.29, 1.82) is 0 Å². The summed E-state index contributed by atoms with van der Waals surface area (Å²) in [7, 11) is 0. The Morgan fingerprint density at radius 3 is 2.19 bits per heavy atom. The van der Waals surface area contributed by atoms with Gasteiger partial charge in [0.1, 0.15) is 0 Å². The molecular formula is C11H22N2O3. The molecule has 0 aliphatic heterocycles. The third-order valence-electron chi connectivity index (χ3n) is 2.53. The van der Waals surface area contributed by atoms with E-state index in [9.17, 15) is 14.9 Å². The third kappa shape index (κ3) is 6.37. The Balaban J connectivity index is 3.60. The molecule has 1 amide bonds. The molecule has 0 saturated carbocycles. The van der Waals surface area contributed by atoms with E-state index in [0.717, 1.165) is 19.3 Å². The van der Waals surface area contributed by atoms with Crippen LogP contribution in [0.1, 0.15) is 58.8 Å². The zero-order valence-electron chi connectivity index (χ0n) is 10.3. The summed E-state index contributed by atoms with van der Waals surface area (Å²) < 4.78 is 0. The molecule has 0 aromatic heterocycles. The van der Waals surface area contributed by atoms with Gasteiger partial charge in [-0.15, -0.1) is 0 Å². The van der Waals surface area contributed by atoms with Crippen molar-refractivity contribution in [3.05, 3.63) is 10.1 Å². The molecule has 5 nitrogen and oxygen atoms in total. The van der Waals surface area contributed by atoms with Gasteiger partial charge in [0.2, 0.25) is 0 Å². The number of nitro groups is 1. The number of unbranched alkanes of at least 4 members (excludes halogenated alkanes) is 5. The Bertz CT molecular complexity index is 219. The van der Waals surface area contributed by atoms with Crippen LogP contribution in [0.3, 0.4) is 0 Å². The average molecular weight is 230 g/mol. The first-order chi connectivity index (χ1) is 7.63. The molecule has 0 heterocycles. The van der Waals surface area contributed by atoms with Gasteiger partial charge >= 0.3 is 0 Å². The summed E-state index contributed by atoms with van der Waals surface area (Å²) in [5, 5.41) is 10.5. The summed E-state index contributed by atoms with van der Waals surface area (Å²) in [6.45, 7) is 3.91. The lowest BCUT2D eigenvalue weighted by atomic mass is 10.1. The Labute approximate surface area is 96.9 Å². The SMILES string of the molecule is CCCCCCCCC(=O)N(CC)[N+](=O)[O-]. The summed E-state index contributed by atoms with van der Waals surface area (Å²) >= 11 is 0. The summed E-state index contributed by atoms with van der Waals surface area (Å²) in [4.78, 5) is 21.8. The van der Waals surface area contributed by atoms with Crippen LogP contribution in [-0.2, 0) is 4.79 Å². The van der Waals surface area contributed by atoms with Crippen LogP contribution in [0.4, 0.5) is 0 Å². The molecule has 0 radical (unpaired) electrons. The molecule has 0 rings (SSSR count). The number of carbonyl (C=O) groups is 1. The standard InChI is InChI=1S/C11H22N2O3/c1-3-5-6-7-8-9-10-11(14)12(4-2)13(15)16/h3-10H2,1-2H3. The summed E-state index contributed by atoms with van der Waals surface area (Å²) in [6, 6.07) is 0. The van der Waals surface area contributed by atoms with E-state index in [-0.39, 0.29) is 12.5 Å². The first-order valence-electron chi connectivity index (χ1n) is 6.08. The van der Waals surface area contributed by atoms with E-state index in [1.54, 1.807) is 6.92 Å². The number of nitrogens with zero attached hydrogens (tertiary/aromatic N) is 2. The Kier molecular flexibility index (Phi) is 8.48. The highest BCUT2D eigenvalue weighted by molar-refractivity contribution is 5.74. The number of carbonyl (C=O) groups excluding carboxylic acids is 1. The number of hydrogen-bond donors (Lipinski definition) is 0. The maximum absolute atomic E-state index is 11.4. The van der Waals surface area contributed by atoms with Crippen LogP contribution >= 0.6 is 0 Å². The predicted octanol–water partition coefficient (Wildman–Crippen LogP) is 2.78. The highest BCUT2D eigenvalue weighted by Crippen LogP contribution is 2.08. The van der Waals surface area contributed by atoms with Gasteiger partial charge < -0.3 is 0 Å². The van der Waals surface area contributed by atoms with Gasteiger partial charge in [-0.3, -0.25) is 4.79 Å². The first-order valence-corrected chi connectivity index (χ1v) is 6.08. The van der Waals surface area contributed by atoms with Gasteiger partial charge in [0.15, 0.2) is 5.03 Å². The van der Waals surface area contributed by atoms with Crippen molar-refractivity contribution < 1.29 is 9.83 Å². The molecular weight excluding hydrogens is 208 g/mol. The molecule has 94 valence electrons. The molecule has 0 aliphatic rings. The van der Waals surface area contributed by atoms with Crippen LogP contribution in [0, 0.1) is 10.1 Å². The van der Waals surface area contributed by atoms with Gasteiger partial charge in [-0.05, 0) is 13.3 Å². The zero-order chi connectivity index (χ0) is 12.4. The number of rotatable bonds is 9. The molecule has 0 atom stereocenters. The van der Waals surface area contributed by atoms with E-state index in [2.05, 4.69) is 6.92 Å². The second-order valence-corrected chi connectivity index (χ2v) is 3.87. The lowest BCUT2D eigenvalue weighted by Crippen LogP contribution is -2.35. The monoisotopic (exact) mass is 230 g/mol. The molecule has 0 unspecified atom stereocenters. The quantitative estimate of drug-likeness (QED) is 0.347. The summed E-state index contributed by atoms with van der Waals surface area (Å²) in [5.41, 5.74) is 0. The van der Waals surface area contributed by atoms with Crippen LogP contribution in [0.15, 0.2) is 0 Å². The van der Waals surface area contributed by atoms with E-state index in [1.165, 1.54) is 19.3 Å². The maximum atomic E-state index is 11.4. The van der Waals surface area contributed by atoms with Crippen molar-refractivity contribution in [1.82, 2.24) is 5.01 Å². The van der Waals surface area contributed by atoms with Gasteiger partial charge in [0.05, 0.1) is 6.54 Å². The van der Waals surface area contributed by atoms with Crippen molar-refractivity contribution >= 4 is 5.91 Å².